The van der Waals surface area contributed by atoms with E-state index in [1.165, 1.54) is 12.8 Å². The van der Waals surface area contributed by atoms with Crippen molar-refractivity contribution in [2.24, 2.45) is 0 Å². The molecule has 176 valence electrons. The Kier molecular flexibility index (Phi) is 6.30. The topological polar surface area (TPSA) is 85.2 Å². The summed E-state index contributed by atoms with van der Waals surface area (Å²) in [6.45, 7) is 1.02. The summed E-state index contributed by atoms with van der Waals surface area (Å²) < 4.78 is 7.36. The van der Waals surface area contributed by atoms with Crippen molar-refractivity contribution in [1.29, 1.82) is 0 Å². The second kappa shape index (κ2) is 9.85. The van der Waals surface area contributed by atoms with Gasteiger partial charge in [-0.2, -0.15) is 0 Å². The molecule has 0 radical (unpaired) electrons. The molecule has 0 aliphatic carbocycles. The van der Waals surface area contributed by atoms with Gasteiger partial charge in [0, 0.05) is 36.0 Å². The summed E-state index contributed by atoms with van der Waals surface area (Å²) in [6, 6.07) is 21.4. The van der Waals surface area contributed by atoms with Crippen molar-refractivity contribution < 1.29 is 14.3 Å². The highest BCUT2D eigenvalue weighted by Crippen LogP contribution is 2.25. The average Bonchev–Trinajstić information content (AvgIpc) is 3.34. The Morgan fingerprint density at radius 1 is 0.886 bits per heavy atom. The fourth-order valence-corrected chi connectivity index (χ4v) is 4.20. The van der Waals surface area contributed by atoms with Gasteiger partial charge in [-0.25, -0.2) is 4.98 Å². The second-order valence-electron chi connectivity index (χ2n) is 8.45. The van der Waals surface area contributed by atoms with E-state index in [0.29, 0.717) is 28.3 Å². The van der Waals surface area contributed by atoms with Crippen molar-refractivity contribution >= 4 is 23.2 Å². The van der Waals surface area contributed by atoms with Crippen molar-refractivity contribution in [2.75, 3.05) is 17.7 Å². The number of imidazole rings is 1. The maximum absolute atomic E-state index is 13.0. The predicted octanol–water partition coefficient (Wildman–Crippen LogP) is 5.40. The fraction of sp³-hybridized carbons (Fsp3) is 0.179. The van der Waals surface area contributed by atoms with Crippen molar-refractivity contribution in [3.8, 4) is 17.0 Å². The minimum atomic E-state index is -0.306. The van der Waals surface area contributed by atoms with Gasteiger partial charge in [0.05, 0.1) is 24.1 Å². The number of rotatable bonds is 6. The molecule has 0 fully saturated rings. The third kappa shape index (κ3) is 4.94. The van der Waals surface area contributed by atoms with E-state index in [-0.39, 0.29) is 11.8 Å². The maximum Gasteiger partial charge on any atom is 0.257 e. The molecule has 0 bridgehead atoms. The standard InChI is InChI=1S/C28H26N4O3/c1-35-22-15-11-20(12-16-22)27(33)31-24-7-3-2-6-23(24)28(34)29-21-13-9-19(10-14-21)25-18-32-17-5-4-8-26(32)30-25/h2-3,6-7,9-16,18H,4-5,8,17H2,1H3,(H,29,34)(H,31,33). The third-order valence-corrected chi connectivity index (χ3v) is 6.12. The molecule has 0 spiro atoms. The quantitative estimate of drug-likeness (QED) is 0.398. The summed E-state index contributed by atoms with van der Waals surface area (Å²) in [7, 11) is 1.57. The summed E-state index contributed by atoms with van der Waals surface area (Å²) in [5, 5.41) is 5.76. The molecule has 2 N–H and O–H groups in total. The van der Waals surface area contributed by atoms with Crippen LogP contribution >= 0.6 is 0 Å². The van der Waals surface area contributed by atoms with Gasteiger partial charge in [-0.05, 0) is 61.4 Å². The number of ether oxygens (including phenoxy) is 1. The summed E-state index contributed by atoms with van der Waals surface area (Å²) >= 11 is 0. The van der Waals surface area contributed by atoms with E-state index in [1.807, 2.05) is 24.3 Å². The molecule has 0 unspecified atom stereocenters. The van der Waals surface area contributed by atoms with Crippen LogP contribution in [-0.2, 0) is 13.0 Å². The SMILES string of the molecule is COc1ccc(C(=O)Nc2ccccc2C(=O)Nc2ccc(-c3cn4c(n3)CCCC4)cc2)cc1. The van der Waals surface area contributed by atoms with Crippen LogP contribution in [0.2, 0.25) is 0 Å². The molecule has 4 aromatic rings. The lowest BCUT2D eigenvalue weighted by Crippen LogP contribution is -2.18. The number of nitrogens with one attached hydrogen (secondary N) is 2. The molecule has 3 aromatic carbocycles. The Labute approximate surface area is 203 Å². The van der Waals surface area contributed by atoms with Crippen molar-refractivity contribution in [2.45, 2.75) is 25.8 Å². The lowest BCUT2D eigenvalue weighted by molar-refractivity contribution is 0.102. The number of carbonyl (C=O) groups excluding carboxylic acids is 2. The molecule has 7 heteroatoms. The lowest BCUT2D eigenvalue weighted by Gasteiger charge is -2.12. The second-order valence-corrected chi connectivity index (χ2v) is 8.45. The highest BCUT2D eigenvalue weighted by atomic mass is 16.5. The number of carbonyl (C=O) groups is 2. The fourth-order valence-electron chi connectivity index (χ4n) is 4.20. The van der Waals surface area contributed by atoms with Crippen LogP contribution in [0, 0.1) is 0 Å². The molecule has 7 nitrogen and oxygen atoms in total. The molecule has 0 saturated carbocycles. The van der Waals surface area contributed by atoms with Crippen LogP contribution in [0.25, 0.3) is 11.3 Å². The summed E-state index contributed by atoms with van der Waals surface area (Å²) in [5.74, 6) is 1.19. The number of benzene rings is 3. The number of nitrogens with zero attached hydrogens (tertiary/aromatic N) is 2. The molecule has 5 rings (SSSR count). The lowest BCUT2D eigenvalue weighted by atomic mass is 10.1. The van der Waals surface area contributed by atoms with Gasteiger partial charge in [0.1, 0.15) is 11.6 Å². The molecule has 2 amide bonds. The van der Waals surface area contributed by atoms with Crippen molar-refractivity contribution in [3.63, 3.8) is 0 Å². The van der Waals surface area contributed by atoms with Crippen LogP contribution in [0.4, 0.5) is 11.4 Å². The first-order valence-corrected chi connectivity index (χ1v) is 11.6. The molecule has 1 aliphatic heterocycles. The zero-order valence-electron chi connectivity index (χ0n) is 19.5. The van der Waals surface area contributed by atoms with Gasteiger partial charge in [-0.15, -0.1) is 0 Å². The first-order chi connectivity index (χ1) is 17.1. The Morgan fingerprint density at radius 2 is 1.66 bits per heavy atom. The predicted molar refractivity (Wildman–Crippen MR) is 136 cm³/mol. The Hall–Kier alpha value is -4.39. The van der Waals surface area contributed by atoms with Gasteiger partial charge in [-0.3, -0.25) is 9.59 Å². The van der Waals surface area contributed by atoms with Gasteiger partial charge in [0.2, 0.25) is 0 Å². The largest absolute Gasteiger partial charge is 0.497 e. The van der Waals surface area contributed by atoms with Crippen LogP contribution in [0.5, 0.6) is 5.75 Å². The average molecular weight is 467 g/mol. The molecule has 0 saturated heterocycles. The van der Waals surface area contributed by atoms with Crippen molar-refractivity contribution in [1.82, 2.24) is 9.55 Å². The van der Waals surface area contributed by atoms with Gasteiger partial charge in [0.15, 0.2) is 0 Å². The number of amides is 2. The van der Waals surface area contributed by atoms with E-state index in [2.05, 4.69) is 21.4 Å². The number of methoxy groups -OCH3 is 1. The molecule has 0 atom stereocenters. The van der Waals surface area contributed by atoms with Crippen molar-refractivity contribution in [3.05, 3.63) is 95.9 Å². The molecule has 1 aliphatic rings. The number of fused-ring (bicyclic) bond motifs is 1. The van der Waals surface area contributed by atoms with Gasteiger partial charge in [0.25, 0.3) is 11.8 Å². The summed E-state index contributed by atoms with van der Waals surface area (Å²) in [4.78, 5) is 30.5. The zero-order chi connectivity index (χ0) is 24.2. The van der Waals surface area contributed by atoms with Gasteiger partial charge in [-0.1, -0.05) is 24.3 Å². The molecular weight excluding hydrogens is 440 g/mol. The van der Waals surface area contributed by atoms with Crippen LogP contribution < -0.4 is 15.4 Å². The molecule has 1 aromatic heterocycles. The number of aryl methyl sites for hydroxylation is 2. The first kappa shape index (κ1) is 22.4. The van der Waals surface area contributed by atoms with E-state index in [9.17, 15) is 9.59 Å². The van der Waals surface area contributed by atoms with E-state index in [1.54, 1.807) is 55.6 Å². The van der Waals surface area contributed by atoms with Crippen LogP contribution in [0.15, 0.2) is 79.0 Å². The maximum atomic E-state index is 13.0. The number of hydrogen-bond donors (Lipinski definition) is 2. The molecular formula is C28H26N4O3. The zero-order valence-corrected chi connectivity index (χ0v) is 19.5. The van der Waals surface area contributed by atoms with Crippen LogP contribution in [0.1, 0.15) is 39.4 Å². The summed E-state index contributed by atoms with van der Waals surface area (Å²) in [6.07, 6.45) is 5.49. The normalized spacial score (nSPS) is 12.5. The molecule has 2 heterocycles. The number of aromatic nitrogens is 2. The summed E-state index contributed by atoms with van der Waals surface area (Å²) in [5.41, 5.74) is 3.91. The van der Waals surface area contributed by atoms with Gasteiger partial charge >= 0.3 is 0 Å². The monoisotopic (exact) mass is 466 g/mol. The first-order valence-electron chi connectivity index (χ1n) is 11.6. The van der Waals surface area contributed by atoms with Crippen LogP contribution in [-0.4, -0.2) is 28.5 Å². The van der Waals surface area contributed by atoms with E-state index in [4.69, 9.17) is 9.72 Å². The van der Waals surface area contributed by atoms with Gasteiger partial charge < -0.3 is 19.9 Å². The number of para-hydroxylation sites is 1. The van der Waals surface area contributed by atoms with E-state index >= 15 is 0 Å². The minimum absolute atomic E-state index is 0.305. The minimum Gasteiger partial charge on any atom is -0.497 e. The third-order valence-electron chi connectivity index (χ3n) is 6.12. The smallest absolute Gasteiger partial charge is 0.257 e. The highest BCUT2D eigenvalue weighted by molar-refractivity contribution is 6.12. The van der Waals surface area contributed by atoms with Crippen LogP contribution in [0.3, 0.4) is 0 Å². The number of anilines is 2. The highest BCUT2D eigenvalue weighted by Gasteiger charge is 2.16. The number of hydrogen-bond acceptors (Lipinski definition) is 4. The Bertz CT molecular complexity index is 1330. The molecule has 35 heavy (non-hydrogen) atoms. The Balaban J connectivity index is 1.28. The van der Waals surface area contributed by atoms with E-state index in [0.717, 1.165) is 30.0 Å². The Morgan fingerprint density at radius 3 is 2.40 bits per heavy atom. The van der Waals surface area contributed by atoms with E-state index < -0.39 is 0 Å².